The molecule has 0 saturated carbocycles. The van der Waals surface area contributed by atoms with Crippen molar-refractivity contribution in [1.29, 1.82) is 0 Å². The number of hydrogen-bond donors (Lipinski definition) is 0. The highest BCUT2D eigenvalue weighted by molar-refractivity contribution is 7.02. The van der Waals surface area contributed by atoms with E-state index in [0.29, 0.717) is 0 Å². The summed E-state index contributed by atoms with van der Waals surface area (Å²) in [6, 6.07) is 6.42. The van der Waals surface area contributed by atoms with Crippen LogP contribution in [0.5, 0.6) is 5.75 Å². The van der Waals surface area contributed by atoms with Gasteiger partial charge in [-0.15, -0.1) is 0 Å². The Morgan fingerprint density at radius 2 is 1.33 bits per heavy atom. The molecule has 3 heteroatoms. The lowest BCUT2D eigenvalue weighted by Gasteiger charge is -2.30. The van der Waals surface area contributed by atoms with E-state index in [4.69, 9.17) is 13.8 Å². The van der Waals surface area contributed by atoms with E-state index in [1.165, 1.54) is 11.1 Å². The largest absolute Gasteiger partial charge is 0.676 e. The first kappa shape index (κ1) is 15.9. The number of halogens is 1. The quantitative estimate of drug-likeness (QED) is 0.692. The van der Waals surface area contributed by atoms with E-state index in [1.807, 2.05) is 5.79 Å². The average molecular weight is 283 g/mol. The van der Waals surface area contributed by atoms with E-state index in [-0.39, 0.29) is 10.8 Å². The van der Waals surface area contributed by atoms with Gasteiger partial charge in [-0.3, -0.25) is 0 Å². The summed E-state index contributed by atoms with van der Waals surface area (Å²) >= 11 is -1.62. The highest BCUT2D eigenvalue weighted by Gasteiger charge is 2.28. The molecule has 1 aromatic carbocycles. The van der Waals surface area contributed by atoms with Gasteiger partial charge in [0, 0.05) is 0 Å². The molecule has 1 aromatic rings. The predicted octanol–water partition coefficient (Wildman–Crippen LogP) is 5.02. The molecule has 0 unspecified atom stereocenters. The normalized spacial score (nSPS) is 12.4. The second-order valence-electron chi connectivity index (χ2n) is 6.84. The summed E-state index contributed by atoms with van der Waals surface area (Å²) < 4.78 is 6.03. The summed E-state index contributed by atoms with van der Waals surface area (Å²) in [6.45, 7) is 13.3. The molecule has 100 valence electrons. The van der Waals surface area contributed by atoms with Crippen LogP contribution in [0.1, 0.15) is 52.7 Å². The molecular formula is C15H24AlClO. The molecule has 0 fully saturated rings. The van der Waals surface area contributed by atoms with Crippen molar-refractivity contribution < 1.29 is 3.79 Å². The van der Waals surface area contributed by atoms with Crippen LogP contribution >= 0.6 is 10.0 Å². The Kier molecular flexibility index (Phi) is 4.82. The molecule has 0 radical (unpaired) electrons. The summed E-state index contributed by atoms with van der Waals surface area (Å²) in [5.74, 6) is 3.00. The Hall–Kier alpha value is -0.158. The molecule has 0 spiro atoms. The smallest absolute Gasteiger partial charge is 0.631 e. The maximum Gasteiger partial charge on any atom is 0.676 e. The van der Waals surface area contributed by atoms with Gasteiger partial charge in [0.15, 0.2) is 0 Å². The van der Waals surface area contributed by atoms with Gasteiger partial charge in [0.05, 0.1) is 5.75 Å². The van der Waals surface area contributed by atoms with Crippen LogP contribution in [-0.2, 0) is 10.8 Å². The van der Waals surface area contributed by atoms with Gasteiger partial charge in [0.2, 0.25) is 0 Å². The fourth-order valence-electron chi connectivity index (χ4n) is 2.01. The summed E-state index contributed by atoms with van der Waals surface area (Å²) in [5.41, 5.74) is 2.62. The lowest BCUT2D eigenvalue weighted by Crippen LogP contribution is -2.22. The number of hydrogen-bond acceptors (Lipinski definition) is 1. The zero-order chi connectivity index (χ0) is 14.1. The van der Waals surface area contributed by atoms with Gasteiger partial charge in [-0.2, -0.15) is 0 Å². The first-order valence-electron chi connectivity index (χ1n) is 6.48. The molecule has 0 heterocycles. The SMILES string of the molecule is [CH3][Al]([Cl])[O]c1c(C(C)(C)C)cccc1C(C)(C)C. The van der Waals surface area contributed by atoms with Crippen molar-refractivity contribution in [1.82, 2.24) is 0 Å². The van der Waals surface area contributed by atoms with Gasteiger partial charge in [-0.1, -0.05) is 65.5 Å². The van der Waals surface area contributed by atoms with Gasteiger partial charge < -0.3 is 3.79 Å². The zero-order valence-electron chi connectivity index (χ0n) is 12.6. The lowest BCUT2D eigenvalue weighted by atomic mass is 9.80. The minimum absolute atomic E-state index is 0.0662. The first-order valence-corrected chi connectivity index (χ1v) is 9.85. The predicted molar refractivity (Wildman–Crippen MR) is 81.9 cm³/mol. The molecule has 0 atom stereocenters. The van der Waals surface area contributed by atoms with E-state index in [1.54, 1.807) is 0 Å². The Morgan fingerprint density at radius 1 is 0.944 bits per heavy atom. The van der Waals surface area contributed by atoms with Crippen LogP contribution in [0.4, 0.5) is 0 Å². The van der Waals surface area contributed by atoms with Crippen molar-refractivity contribution in [2.45, 2.75) is 58.2 Å². The summed E-state index contributed by atoms with van der Waals surface area (Å²) in [4.78, 5) is 0. The van der Waals surface area contributed by atoms with Crippen molar-refractivity contribution >= 4 is 23.6 Å². The second kappa shape index (κ2) is 5.45. The van der Waals surface area contributed by atoms with E-state index < -0.39 is 13.6 Å². The van der Waals surface area contributed by atoms with Crippen molar-refractivity contribution in [3.8, 4) is 5.75 Å². The van der Waals surface area contributed by atoms with E-state index in [9.17, 15) is 0 Å². The van der Waals surface area contributed by atoms with E-state index in [0.717, 1.165) is 5.75 Å². The van der Waals surface area contributed by atoms with Gasteiger partial charge in [0.1, 0.15) is 0 Å². The lowest BCUT2D eigenvalue weighted by molar-refractivity contribution is 0.492. The van der Waals surface area contributed by atoms with Crippen LogP contribution in [0.3, 0.4) is 0 Å². The average Bonchev–Trinajstić information content (AvgIpc) is 2.13. The standard InChI is InChI=1S/C14H22O.CH3.Al.ClH/c1-13(2,3)10-8-7-9-11(12(10)15)14(4,5)6;;;/h7-9,15H,1-6H3;1H3;;1H/q;;+2;/p-2. The van der Waals surface area contributed by atoms with Crippen LogP contribution < -0.4 is 3.79 Å². The van der Waals surface area contributed by atoms with Crippen LogP contribution in [0.25, 0.3) is 0 Å². The molecule has 1 rings (SSSR count). The van der Waals surface area contributed by atoms with Crippen molar-refractivity contribution in [2.24, 2.45) is 0 Å². The molecule has 0 aliphatic heterocycles. The summed E-state index contributed by atoms with van der Waals surface area (Å²) in [6.07, 6.45) is 0. The molecule has 18 heavy (non-hydrogen) atoms. The van der Waals surface area contributed by atoms with Gasteiger partial charge >= 0.3 is 13.6 Å². The number of benzene rings is 1. The monoisotopic (exact) mass is 282 g/mol. The third-order valence-electron chi connectivity index (χ3n) is 2.91. The van der Waals surface area contributed by atoms with E-state index in [2.05, 4.69) is 59.7 Å². The number of para-hydroxylation sites is 1. The molecule has 0 saturated heterocycles. The minimum Gasteiger partial charge on any atom is -0.631 e. The molecule has 0 N–H and O–H groups in total. The van der Waals surface area contributed by atoms with Crippen molar-refractivity contribution in [3.05, 3.63) is 29.3 Å². The van der Waals surface area contributed by atoms with Crippen LogP contribution in [0, 0.1) is 0 Å². The Balaban J connectivity index is 3.45. The van der Waals surface area contributed by atoms with Crippen LogP contribution in [0.2, 0.25) is 5.79 Å². The highest BCUT2D eigenvalue weighted by Crippen LogP contribution is 2.39. The second-order valence-corrected chi connectivity index (χ2v) is 10.0. The fourth-order valence-corrected chi connectivity index (χ4v) is 2.85. The fraction of sp³-hybridized carbons (Fsp3) is 0.600. The third-order valence-corrected chi connectivity index (χ3v) is 3.74. The maximum absolute atomic E-state index is 6.17. The molecular weight excluding hydrogens is 259 g/mol. The Morgan fingerprint density at radius 3 is 1.61 bits per heavy atom. The highest BCUT2D eigenvalue weighted by atomic mass is 35.6. The topological polar surface area (TPSA) is 9.23 Å². The Labute approximate surface area is 120 Å². The molecule has 0 bridgehead atoms. The molecule has 0 aromatic heterocycles. The summed E-state index contributed by atoms with van der Waals surface area (Å²) in [5, 5.41) is 0. The maximum atomic E-state index is 6.17. The Bertz CT molecular complexity index is 381. The molecule has 0 aliphatic rings. The van der Waals surface area contributed by atoms with Crippen LogP contribution in [0.15, 0.2) is 18.2 Å². The molecule has 1 nitrogen and oxygen atoms in total. The zero-order valence-corrected chi connectivity index (χ0v) is 14.5. The molecule has 0 amide bonds. The van der Waals surface area contributed by atoms with Gasteiger partial charge in [-0.25, -0.2) is 10.0 Å². The third kappa shape index (κ3) is 3.92. The number of rotatable bonds is 2. The summed E-state index contributed by atoms with van der Waals surface area (Å²) in [7, 11) is 6.17. The van der Waals surface area contributed by atoms with E-state index >= 15 is 0 Å². The van der Waals surface area contributed by atoms with Crippen molar-refractivity contribution in [2.75, 3.05) is 0 Å². The minimum atomic E-state index is -1.62. The molecule has 0 aliphatic carbocycles. The first-order chi connectivity index (χ1) is 8.03. The van der Waals surface area contributed by atoms with Gasteiger partial charge in [-0.05, 0) is 22.0 Å². The van der Waals surface area contributed by atoms with Crippen LogP contribution in [-0.4, -0.2) is 13.6 Å². The van der Waals surface area contributed by atoms with Gasteiger partial charge in [0.25, 0.3) is 0 Å². The van der Waals surface area contributed by atoms with Crippen molar-refractivity contribution in [3.63, 3.8) is 0 Å².